The predicted octanol–water partition coefficient (Wildman–Crippen LogP) is 13.4. The van der Waals surface area contributed by atoms with Gasteiger partial charge in [-0.1, -0.05) is 146 Å². The van der Waals surface area contributed by atoms with E-state index in [9.17, 15) is 0 Å². The summed E-state index contributed by atoms with van der Waals surface area (Å²) in [6.07, 6.45) is 0. The van der Waals surface area contributed by atoms with Crippen molar-refractivity contribution in [1.29, 1.82) is 0 Å². The molecule has 57 heavy (non-hydrogen) atoms. The first kappa shape index (κ1) is 33.8. The van der Waals surface area contributed by atoms with Crippen LogP contribution < -0.4 is 4.74 Å². The fourth-order valence-corrected chi connectivity index (χ4v) is 7.32. The molecule has 0 aliphatic rings. The monoisotopic (exact) mass is 730 g/mol. The van der Waals surface area contributed by atoms with Crippen LogP contribution in [0.3, 0.4) is 0 Å². The number of fused-ring (bicyclic) bond motifs is 2. The number of benzene rings is 8. The average molecular weight is 731 g/mol. The Balaban J connectivity index is 0.951. The van der Waals surface area contributed by atoms with Crippen LogP contribution in [0.4, 0.5) is 0 Å². The third kappa shape index (κ3) is 6.90. The fourth-order valence-electron chi connectivity index (χ4n) is 7.32. The Labute approximate surface area is 330 Å². The Morgan fingerprint density at radius 2 is 0.649 bits per heavy atom. The average Bonchev–Trinajstić information content (AvgIpc) is 3.29. The molecule has 0 amide bonds. The van der Waals surface area contributed by atoms with Crippen LogP contribution in [0.5, 0.6) is 11.5 Å². The molecule has 268 valence electrons. The van der Waals surface area contributed by atoms with Crippen LogP contribution in [0.15, 0.2) is 206 Å². The molecule has 2 heterocycles. The second kappa shape index (κ2) is 14.8. The standard InChI is InChI=1S/C52H34N4O/c1-3-15-37(16-4-1)47-33-49(45-23-11-19-35-13-7-9-21-43(35)45)55-51(53-47)39-25-29-41(30-26-39)57-42-31-27-40(28-32-42)52-54-48(38-17-5-2-6-18-38)34-50(56-52)46-24-12-20-36-14-8-10-22-44(36)46/h1-34H. The molecular weight excluding hydrogens is 697 g/mol. The van der Waals surface area contributed by atoms with Gasteiger partial charge in [-0.05, 0) is 82.2 Å². The highest BCUT2D eigenvalue weighted by molar-refractivity contribution is 5.97. The lowest BCUT2D eigenvalue weighted by molar-refractivity contribution is 0.483. The lowest BCUT2D eigenvalue weighted by Gasteiger charge is -2.12. The molecule has 0 atom stereocenters. The molecule has 8 aromatic carbocycles. The Morgan fingerprint density at radius 1 is 0.281 bits per heavy atom. The maximum atomic E-state index is 6.35. The summed E-state index contributed by atoms with van der Waals surface area (Å²) in [6.45, 7) is 0. The molecule has 0 spiro atoms. The van der Waals surface area contributed by atoms with E-state index >= 15 is 0 Å². The quantitative estimate of drug-likeness (QED) is 0.156. The minimum absolute atomic E-state index is 0.649. The minimum Gasteiger partial charge on any atom is -0.457 e. The van der Waals surface area contributed by atoms with E-state index in [4.69, 9.17) is 24.7 Å². The molecule has 0 saturated carbocycles. The highest BCUT2D eigenvalue weighted by Crippen LogP contribution is 2.35. The van der Waals surface area contributed by atoms with Gasteiger partial charge in [0.05, 0.1) is 22.8 Å². The summed E-state index contributed by atoms with van der Waals surface area (Å²) in [7, 11) is 0. The number of rotatable bonds is 8. The van der Waals surface area contributed by atoms with Crippen molar-refractivity contribution in [3.8, 4) is 79.3 Å². The van der Waals surface area contributed by atoms with Gasteiger partial charge in [-0.2, -0.15) is 0 Å². The lowest BCUT2D eigenvalue weighted by atomic mass is 10.0. The van der Waals surface area contributed by atoms with Gasteiger partial charge in [-0.25, -0.2) is 19.9 Å². The highest BCUT2D eigenvalue weighted by atomic mass is 16.5. The maximum absolute atomic E-state index is 6.35. The van der Waals surface area contributed by atoms with E-state index < -0.39 is 0 Å². The van der Waals surface area contributed by atoms with Crippen LogP contribution in [0, 0.1) is 0 Å². The summed E-state index contributed by atoms with van der Waals surface area (Å²) in [4.78, 5) is 20.3. The van der Waals surface area contributed by atoms with Gasteiger partial charge in [0.15, 0.2) is 11.6 Å². The summed E-state index contributed by atoms with van der Waals surface area (Å²) in [6, 6.07) is 70.0. The van der Waals surface area contributed by atoms with Crippen molar-refractivity contribution in [3.05, 3.63) is 206 Å². The Hall–Kier alpha value is -7.76. The normalized spacial score (nSPS) is 11.2. The molecular formula is C52H34N4O. The number of nitrogens with zero attached hydrogens (tertiary/aromatic N) is 4. The van der Waals surface area contributed by atoms with Crippen LogP contribution in [0.25, 0.3) is 89.4 Å². The van der Waals surface area contributed by atoms with E-state index in [1.807, 2.05) is 84.9 Å². The summed E-state index contributed by atoms with van der Waals surface area (Å²) in [5.74, 6) is 2.72. The third-order valence-corrected chi connectivity index (χ3v) is 10.2. The first-order valence-corrected chi connectivity index (χ1v) is 19.0. The fraction of sp³-hybridized carbons (Fsp3) is 0. The molecule has 10 rings (SSSR count). The van der Waals surface area contributed by atoms with Gasteiger partial charge in [0.25, 0.3) is 0 Å². The predicted molar refractivity (Wildman–Crippen MR) is 232 cm³/mol. The molecule has 2 aromatic heterocycles. The minimum atomic E-state index is 0.649. The van der Waals surface area contributed by atoms with Gasteiger partial charge in [0.2, 0.25) is 0 Å². The van der Waals surface area contributed by atoms with Gasteiger partial charge in [-0.3, -0.25) is 0 Å². The number of aromatic nitrogens is 4. The SMILES string of the molecule is c1ccc(-c2cc(-c3cccc4ccccc34)nc(-c3ccc(Oc4ccc(-c5nc(-c6ccccc6)cc(-c6cccc7ccccc67)n5)cc4)cc3)n2)cc1. The zero-order valence-electron chi connectivity index (χ0n) is 30.8. The molecule has 0 unspecified atom stereocenters. The molecule has 0 radical (unpaired) electrons. The van der Waals surface area contributed by atoms with Crippen molar-refractivity contribution in [1.82, 2.24) is 19.9 Å². The summed E-state index contributed by atoms with van der Waals surface area (Å²) in [5.41, 5.74) is 9.48. The van der Waals surface area contributed by atoms with Crippen LogP contribution in [0.2, 0.25) is 0 Å². The molecule has 5 heteroatoms. The second-order valence-corrected chi connectivity index (χ2v) is 13.9. The molecule has 0 aliphatic carbocycles. The zero-order valence-corrected chi connectivity index (χ0v) is 30.8. The Bertz CT molecular complexity index is 2800. The Kier molecular flexibility index (Phi) is 8.78. The van der Waals surface area contributed by atoms with E-state index in [0.29, 0.717) is 23.1 Å². The van der Waals surface area contributed by atoms with Crippen LogP contribution in [0.1, 0.15) is 0 Å². The topological polar surface area (TPSA) is 60.8 Å². The number of hydrogen-bond donors (Lipinski definition) is 0. The smallest absolute Gasteiger partial charge is 0.160 e. The van der Waals surface area contributed by atoms with Crippen molar-refractivity contribution in [3.63, 3.8) is 0 Å². The maximum Gasteiger partial charge on any atom is 0.160 e. The van der Waals surface area contributed by atoms with Gasteiger partial charge < -0.3 is 4.74 Å². The molecule has 10 aromatic rings. The van der Waals surface area contributed by atoms with Crippen molar-refractivity contribution in [2.75, 3.05) is 0 Å². The molecule has 0 saturated heterocycles. The zero-order chi connectivity index (χ0) is 38.0. The van der Waals surface area contributed by atoms with Gasteiger partial charge in [0.1, 0.15) is 11.5 Å². The van der Waals surface area contributed by atoms with E-state index in [1.165, 1.54) is 10.8 Å². The first-order chi connectivity index (χ1) is 28.2. The van der Waals surface area contributed by atoms with E-state index in [-0.39, 0.29) is 0 Å². The van der Waals surface area contributed by atoms with Crippen molar-refractivity contribution < 1.29 is 4.74 Å². The van der Waals surface area contributed by atoms with Gasteiger partial charge >= 0.3 is 0 Å². The summed E-state index contributed by atoms with van der Waals surface area (Å²) in [5, 5.41) is 4.65. The van der Waals surface area contributed by atoms with Crippen LogP contribution in [-0.2, 0) is 0 Å². The van der Waals surface area contributed by atoms with Crippen molar-refractivity contribution in [2.45, 2.75) is 0 Å². The number of ether oxygens (including phenoxy) is 1. The van der Waals surface area contributed by atoms with Crippen LogP contribution >= 0.6 is 0 Å². The lowest BCUT2D eigenvalue weighted by Crippen LogP contribution is -1.97. The van der Waals surface area contributed by atoms with E-state index in [1.54, 1.807) is 0 Å². The highest BCUT2D eigenvalue weighted by Gasteiger charge is 2.15. The Morgan fingerprint density at radius 3 is 1.09 bits per heavy atom. The van der Waals surface area contributed by atoms with Crippen molar-refractivity contribution in [2.24, 2.45) is 0 Å². The third-order valence-electron chi connectivity index (χ3n) is 10.2. The molecule has 0 fully saturated rings. The largest absolute Gasteiger partial charge is 0.457 e. The van der Waals surface area contributed by atoms with Gasteiger partial charge in [0, 0.05) is 33.4 Å². The second-order valence-electron chi connectivity index (χ2n) is 13.9. The first-order valence-electron chi connectivity index (χ1n) is 19.0. The van der Waals surface area contributed by atoms with Gasteiger partial charge in [-0.15, -0.1) is 0 Å². The van der Waals surface area contributed by atoms with Crippen molar-refractivity contribution >= 4 is 21.5 Å². The number of hydrogen-bond acceptors (Lipinski definition) is 5. The molecule has 0 bridgehead atoms. The van der Waals surface area contributed by atoms with E-state index in [0.717, 1.165) is 66.9 Å². The molecule has 0 aliphatic heterocycles. The summed E-state index contributed by atoms with van der Waals surface area (Å²) >= 11 is 0. The van der Waals surface area contributed by atoms with Crippen LogP contribution in [-0.4, -0.2) is 19.9 Å². The summed E-state index contributed by atoms with van der Waals surface area (Å²) < 4.78 is 6.35. The molecule has 0 N–H and O–H groups in total. The molecule has 5 nitrogen and oxygen atoms in total. The van der Waals surface area contributed by atoms with E-state index in [2.05, 4.69) is 121 Å².